The second-order valence-electron chi connectivity index (χ2n) is 7.51. The van der Waals surface area contributed by atoms with Crippen molar-refractivity contribution in [2.75, 3.05) is 59.0 Å². The first kappa shape index (κ1) is 22.5. The molecule has 0 saturated carbocycles. The number of piperazine rings is 1. The molecular formula is C20H30N4O5S. The van der Waals surface area contributed by atoms with Crippen LogP contribution in [0, 0.1) is 6.92 Å². The van der Waals surface area contributed by atoms with Gasteiger partial charge in [0.25, 0.3) is 16.1 Å². The van der Waals surface area contributed by atoms with Crippen LogP contribution in [0.3, 0.4) is 0 Å². The van der Waals surface area contributed by atoms with E-state index in [1.807, 2.05) is 25.1 Å². The summed E-state index contributed by atoms with van der Waals surface area (Å²) in [5.74, 6) is -0.0685. The summed E-state index contributed by atoms with van der Waals surface area (Å²) in [6.45, 7) is 6.59. The lowest BCUT2D eigenvalue weighted by Gasteiger charge is -2.35. The molecule has 2 aliphatic rings. The lowest BCUT2D eigenvalue weighted by Crippen LogP contribution is -2.54. The smallest absolute Gasteiger partial charge is 0.409 e. The van der Waals surface area contributed by atoms with Crippen LogP contribution >= 0.6 is 0 Å². The summed E-state index contributed by atoms with van der Waals surface area (Å²) in [5.41, 5.74) is 1.64. The maximum Gasteiger partial charge on any atom is 0.409 e. The van der Waals surface area contributed by atoms with Crippen LogP contribution in [0.25, 0.3) is 0 Å². The molecule has 0 aliphatic carbocycles. The Balaban J connectivity index is 1.59. The lowest BCUT2D eigenvalue weighted by molar-refractivity contribution is 0.0764. The second-order valence-corrected chi connectivity index (χ2v) is 9.44. The molecule has 166 valence electrons. The van der Waals surface area contributed by atoms with Crippen molar-refractivity contribution in [3.63, 3.8) is 0 Å². The normalized spacial score (nSPS) is 19.4. The molecule has 1 aromatic carbocycles. The Hall–Kier alpha value is -2.17. The third-order valence-electron chi connectivity index (χ3n) is 5.42. The third kappa shape index (κ3) is 5.11. The number of carbonyl (C=O) groups is 2. The van der Waals surface area contributed by atoms with Gasteiger partial charge in [0.1, 0.15) is 0 Å². The van der Waals surface area contributed by atoms with Crippen molar-refractivity contribution in [3.05, 3.63) is 35.4 Å². The topological polar surface area (TPSA) is 90.5 Å². The van der Waals surface area contributed by atoms with Crippen LogP contribution in [0.2, 0.25) is 0 Å². The first-order valence-electron chi connectivity index (χ1n) is 10.4. The van der Waals surface area contributed by atoms with Crippen molar-refractivity contribution in [2.45, 2.75) is 20.3 Å². The molecule has 0 spiro atoms. The van der Waals surface area contributed by atoms with E-state index in [0.29, 0.717) is 51.3 Å². The molecule has 0 atom stereocenters. The van der Waals surface area contributed by atoms with E-state index in [1.165, 1.54) is 13.5 Å². The molecule has 0 N–H and O–H groups in total. The number of amides is 2. The number of rotatable bonds is 4. The van der Waals surface area contributed by atoms with E-state index in [0.717, 1.165) is 5.56 Å². The minimum atomic E-state index is -3.64. The second kappa shape index (κ2) is 9.76. The molecule has 2 aliphatic heterocycles. The van der Waals surface area contributed by atoms with E-state index in [9.17, 15) is 18.0 Å². The van der Waals surface area contributed by atoms with Gasteiger partial charge in [-0.1, -0.05) is 17.7 Å². The predicted octanol–water partition coefficient (Wildman–Crippen LogP) is 1.16. The molecule has 30 heavy (non-hydrogen) atoms. The number of aryl methyl sites for hydroxylation is 1. The number of hydrogen-bond donors (Lipinski definition) is 0. The van der Waals surface area contributed by atoms with E-state index in [1.54, 1.807) is 17.9 Å². The van der Waals surface area contributed by atoms with Gasteiger partial charge in [0.15, 0.2) is 0 Å². The highest BCUT2D eigenvalue weighted by Gasteiger charge is 2.35. The average molecular weight is 439 g/mol. The zero-order chi connectivity index (χ0) is 21.7. The van der Waals surface area contributed by atoms with E-state index in [-0.39, 0.29) is 25.5 Å². The van der Waals surface area contributed by atoms with Crippen LogP contribution in [0.4, 0.5) is 4.79 Å². The number of benzene rings is 1. The summed E-state index contributed by atoms with van der Waals surface area (Å²) in [6.07, 6.45) is 0.175. The monoisotopic (exact) mass is 438 g/mol. The molecule has 9 nitrogen and oxygen atoms in total. The van der Waals surface area contributed by atoms with E-state index >= 15 is 0 Å². The summed E-state index contributed by atoms with van der Waals surface area (Å²) >= 11 is 0. The molecule has 2 amide bonds. The Bertz CT molecular complexity index is 868. The van der Waals surface area contributed by atoms with Gasteiger partial charge in [-0.3, -0.25) is 4.79 Å². The molecule has 2 fully saturated rings. The van der Waals surface area contributed by atoms with Crippen molar-refractivity contribution >= 4 is 22.2 Å². The first-order valence-corrected chi connectivity index (χ1v) is 11.8. The van der Waals surface area contributed by atoms with E-state index in [2.05, 4.69) is 0 Å². The van der Waals surface area contributed by atoms with Crippen LogP contribution in [-0.4, -0.2) is 97.8 Å². The van der Waals surface area contributed by atoms with Gasteiger partial charge in [0.2, 0.25) is 0 Å². The van der Waals surface area contributed by atoms with Crippen molar-refractivity contribution in [2.24, 2.45) is 0 Å². The molecule has 3 rings (SSSR count). The molecule has 1 aromatic rings. The highest BCUT2D eigenvalue weighted by Crippen LogP contribution is 2.17. The molecule has 2 saturated heterocycles. The highest BCUT2D eigenvalue weighted by molar-refractivity contribution is 7.86. The maximum absolute atomic E-state index is 13.1. The van der Waals surface area contributed by atoms with Crippen molar-refractivity contribution in [1.82, 2.24) is 18.4 Å². The number of hydrogen-bond acceptors (Lipinski definition) is 5. The quantitative estimate of drug-likeness (QED) is 0.704. The summed E-state index contributed by atoms with van der Waals surface area (Å²) in [4.78, 5) is 27.9. The van der Waals surface area contributed by atoms with E-state index in [4.69, 9.17) is 4.74 Å². The van der Waals surface area contributed by atoms with Gasteiger partial charge >= 0.3 is 6.09 Å². The van der Waals surface area contributed by atoms with Crippen LogP contribution in [0.5, 0.6) is 0 Å². The largest absolute Gasteiger partial charge is 0.450 e. The SMILES string of the molecule is CCOC(=O)N1CCN(S(=O)(=O)N2CCCN(C(=O)c3cccc(C)c3)CC2)CC1. The zero-order valence-electron chi connectivity index (χ0n) is 17.6. The van der Waals surface area contributed by atoms with Crippen LogP contribution in [-0.2, 0) is 14.9 Å². The van der Waals surface area contributed by atoms with Gasteiger partial charge in [0, 0.05) is 57.9 Å². The van der Waals surface area contributed by atoms with Gasteiger partial charge in [-0.15, -0.1) is 0 Å². The number of ether oxygens (including phenoxy) is 1. The Morgan fingerprint density at radius 3 is 2.20 bits per heavy atom. The number of nitrogens with zero attached hydrogens (tertiary/aromatic N) is 4. The molecule has 0 unspecified atom stereocenters. The summed E-state index contributed by atoms with van der Waals surface area (Å²) < 4.78 is 34.1. The van der Waals surface area contributed by atoms with Gasteiger partial charge in [0.05, 0.1) is 6.61 Å². The van der Waals surface area contributed by atoms with Gasteiger partial charge in [-0.05, 0) is 32.4 Å². The minimum absolute atomic E-state index is 0.0685. The minimum Gasteiger partial charge on any atom is -0.450 e. The fourth-order valence-corrected chi connectivity index (χ4v) is 5.39. The highest BCUT2D eigenvalue weighted by atomic mass is 32.2. The van der Waals surface area contributed by atoms with Gasteiger partial charge in [-0.2, -0.15) is 17.0 Å². The summed E-state index contributed by atoms with van der Waals surface area (Å²) in [7, 11) is -3.64. The van der Waals surface area contributed by atoms with Gasteiger partial charge < -0.3 is 14.5 Å². The molecule has 0 radical (unpaired) electrons. The Labute approximate surface area is 178 Å². The molecule has 10 heteroatoms. The van der Waals surface area contributed by atoms with Crippen molar-refractivity contribution in [3.8, 4) is 0 Å². The molecule has 0 aromatic heterocycles. The van der Waals surface area contributed by atoms with E-state index < -0.39 is 16.3 Å². The Kier molecular flexibility index (Phi) is 7.32. The standard InChI is InChI=1S/C20H30N4O5S/c1-3-29-20(26)22-11-14-24(15-12-22)30(27,28)23-9-5-8-21(10-13-23)19(25)18-7-4-6-17(2)16-18/h4,6-7,16H,3,5,8-15H2,1-2H3. The van der Waals surface area contributed by atoms with Crippen LogP contribution in [0.15, 0.2) is 24.3 Å². The first-order chi connectivity index (χ1) is 14.3. The molecular weight excluding hydrogens is 408 g/mol. The third-order valence-corrected chi connectivity index (χ3v) is 7.46. The molecule has 2 heterocycles. The lowest BCUT2D eigenvalue weighted by atomic mass is 10.1. The molecule has 0 bridgehead atoms. The van der Waals surface area contributed by atoms with Crippen LogP contribution in [0.1, 0.15) is 29.3 Å². The zero-order valence-corrected chi connectivity index (χ0v) is 18.4. The van der Waals surface area contributed by atoms with Crippen molar-refractivity contribution < 1.29 is 22.7 Å². The predicted molar refractivity (Wildman–Crippen MR) is 112 cm³/mol. The number of carbonyl (C=O) groups excluding carboxylic acids is 2. The van der Waals surface area contributed by atoms with Gasteiger partial charge in [-0.25, -0.2) is 4.79 Å². The Morgan fingerprint density at radius 1 is 0.933 bits per heavy atom. The van der Waals surface area contributed by atoms with Crippen LogP contribution < -0.4 is 0 Å². The summed E-state index contributed by atoms with van der Waals surface area (Å²) in [5, 5.41) is 0. The fourth-order valence-electron chi connectivity index (χ4n) is 3.77. The fraction of sp³-hybridized carbons (Fsp3) is 0.600. The average Bonchev–Trinajstić information content (AvgIpc) is 3.00. The Morgan fingerprint density at radius 2 is 1.57 bits per heavy atom. The van der Waals surface area contributed by atoms with Crippen molar-refractivity contribution in [1.29, 1.82) is 0 Å². The summed E-state index contributed by atoms with van der Waals surface area (Å²) in [6, 6.07) is 7.44. The maximum atomic E-state index is 13.1.